The first kappa shape index (κ1) is 11.8. The van der Waals surface area contributed by atoms with E-state index in [1.54, 1.807) is 7.11 Å². The summed E-state index contributed by atoms with van der Waals surface area (Å²) in [5.41, 5.74) is 1.39. The second-order valence-corrected chi connectivity index (χ2v) is 5.58. The number of hydrogen-bond acceptors (Lipinski definition) is 3. The maximum absolute atomic E-state index is 5.29. The van der Waals surface area contributed by atoms with Gasteiger partial charge < -0.3 is 10.1 Å². The van der Waals surface area contributed by atoms with E-state index in [-0.39, 0.29) is 0 Å². The zero-order valence-corrected chi connectivity index (χ0v) is 10.9. The van der Waals surface area contributed by atoms with Crippen molar-refractivity contribution in [1.82, 2.24) is 5.32 Å². The van der Waals surface area contributed by atoms with Crippen LogP contribution in [-0.2, 0) is 0 Å². The minimum absolute atomic E-state index is 0.468. The Balaban J connectivity index is 2.23. The Bertz CT molecular complexity index is 367. The third kappa shape index (κ3) is 2.20. The van der Waals surface area contributed by atoms with Gasteiger partial charge in [-0.25, -0.2) is 0 Å². The predicted molar refractivity (Wildman–Crippen MR) is 69.3 cm³/mol. The summed E-state index contributed by atoms with van der Waals surface area (Å²) in [6, 6.07) is 6.85. The van der Waals surface area contributed by atoms with E-state index < -0.39 is 0 Å². The van der Waals surface area contributed by atoms with Crippen molar-refractivity contribution in [1.29, 1.82) is 0 Å². The number of nitrogens with one attached hydrogen (secondary N) is 1. The molecule has 2 unspecified atom stereocenters. The van der Waals surface area contributed by atoms with E-state index in [4.69, 9.17) is 4.74 Å². The number of benzene rings is 1. The van der Waals surface area contributed by atoms with Gasteiger partial charge in [-0.1, -0.05) is 13.8 Å². The van der Waals surface area contributed by atoms with Gasteiger partial charge in [0.2, 0.25) is 0 Å². The second kappa shape index (κ2) is 5.11. The van der Waals surface area contributed by atoms with Crippen molar-refractivity contribution in [2.45, 2.75) is 36.5 Å². The van der Waals surface area contributed by atoms with Gasteiger partial charge in [-0.2, -0.15) is 0 Å². The molecule has 88 valence electrons. The minimum Gasteiger partial charge on any atom is -0.497 e. The average Bonchev–Trinajstić information content (AvgIpc) is 2.61. The van der Waals surface area contributed by atoms with Gasteiger partial charge >= 0.3 is 0 Å². The molecule has 0 fully saturated rings. The van der Waals surface area contributed by atoms with E-state index in [9.17, 15) is 0 Å². The summed E-state index contributed by atoms with van der Waals surface area (Å²) in [6.45, 7) is 5.56. The quantitative estimate of drug-likeness (QED) is 0.868. The molecule has 1 aliphatic rings. The summed E-state index contributed by atoms with van der Waals surface area (Å²) in [6.07, 6.45) is 1.17. The highest BCUT2D eigenvalue weighted by atomic mass is 32.2. The number of ether oxygens (including phenoxy) is 1. The molecule has 0 saturated carbocycles. The van der Waals surface area contributed by atoms with E-state index in [0.717, 1.165) is 12.3 Å². The number of rotatable bonds is 4. The molecule has 0 spiro atoms. The Morgan fingerprint density at radius 3 is 2.94 bits per heavy atom. The molecule has 0 saturated heterocycles. The highest BCUT2D eigenvalue weighted by Gasteiger charge is 2.29. The molecule has 1 aromatic rings. The molecule has 1 aromatic carbocycles. The SMILES string of the molecule is CCCNC1c2cc(OC)ccc2SC1C. The van der Waals surface area contributed by atoms with Crippen LogP contribution in [0.25, 0.3) is 0 Å². The predicted octanol–water partition coefficient (Wildman–Crippen LogP) is 3.23. The van der Waals surface area contributed by atoms with Gasteiger partial charge in [0.05, 0.1) is 7.11 Å². The minimum atomic E-state index is 0.468. The average molecular weight is 237 g/mol. The van der Waals surface area contributed by atoms with E-state index in [1.165, 1.54) is 16.9 Å². The van der Waals surface area contributed by atoms with Crippen LogP contribution in [0.5, 0.6) is 5.75 Å². The Labute approximate surface area is 102 Å². The highest BCUT2D eigenvalue weighted by Crippen LogP contribution is 2.44. The fraction of sp³-hybridized carbons (Fsp3) is 0.538. The number of thioether (sulfide) groups is 1. The largest absolute Gasteiger partial charge is 0.497 e. The zero-order chi connectivity index (χ0) is 11.5. The molecule has 0 aromatic heterocycles. The van der Waals surface area contributed by atoms with Crippen molar-refractivity contribution in [2.75, 3.05) is 13.7 Å². The van der Waals surface area contributed by atoms with Crippen LogP contribution in [0.1, 0.15) is 31.9 Å². The van der Waals surface area contributed by atoms with Gasteiger partial charge in [-0.05, 0) is 36.7 Å². The Morgan fingerprint density at radius 2 is 2.25 bits per heavy atom. The summed E-state index contributed by atoms with van der Waals surface area (Å²) >= 11 is 1.95. The number of methoxy groups -OCH3 is 1. The van der Waals surface area contributed by atoms with E-state index in [1.807, 2.05) is 17.8 Å². The lowest BCUT2D eigenvalue weighted by atomic mass is 10.0. The molecule has 16 heavy (non-hydrogen) atoms. The number of hydrogen-bond donors (Lipinski definition) is 1. The van der Waals surface area contributed by atoms with Crippen LogP contribution >= 0.6 is 11.8 Å². The second-order valence-electron chi connectivity index (χ2n) is 4.16. The Hall–Kier alpha value is -0.670. The lowest BCUT2D eigenvalue weighted by Crippen LogP contribution is -2.26. The third-order valence-electron chi connectivity index (χ3n) is 2.95. The molecule has 0 aliphatic carbocycles. The molecule has 1 aliphatic heterocycles. The van der Waals surface area contributed by atoms with Crippen molar-refractivity contribution in [3.63, 3.8) is 0 Å². The molecule has 1 N–H and O–H groups in total. The fourth-order valence-corrected chi connectivity index (χ4v) is 3.35. The van der Waals surface area contributed by atoms with Gasteiger partial charge in [0.1, 0.15) is 5.75 Å². The molecular weight excluding hydrogens is 218 g/mol. The molecule has 2 rings (SSSR count). The highest BCUT2D eigenvalue weighted by molar-refractivity contribution is 8.00. The molecule has 1 heterocycles. The Kier molecular flexibility index (Phi) is 3.77. The summed E-state index contributed by atoms with van der Waals surface area (Å²) in [4.78, 5) is 1.39. The van der Waals surface area contributed by atoms with Gasteiger partial charge in [-0.3, -0.25) is 0 Å². The lowest BCUT2D eigenvalue weighted by molar-refractivity contribution is 0.412. The normalized spacial score (nSPS) is 23.2. The van der Waals surface area contributed by atoms with Gasteiger partial charge in [0.25, 0.3) is 0 Å². The van der Waals surface area contributed by atoms with Crippen LogP contribution in [0.3, 0.4) is 0 Å². The Morgan fingerprint density at radius 1 is 1.44 bits per heavy atom. The first-order valence-electron chi connectivity index (χ1n) is 5.84. The fourth-order valence-electron chi connectivity index (χ4n) is 2.10. The van der Waals surface area contributed by atoms with Crippen molar-refractivity contribution in [3.8, 4) is 5.75 Å². The van der Waals surface area contributed by atoms with Crippen LogP contribution in [0.2, 0.25) is 0 Å². The standard InChI is InChI=1S/C13H19NOS/c1-4-7-14-13-9(2)16-12-6-5-10(15-3)8-11(12)13/h5-6,8-9,13-14H,4,7H2,1-3H3. The molecule has 0 radical (unpaired) electrons. The molecule has 0 bridgehead atoms. The first-order valence-corrected chi connectivity index (χ1v) is 6.72. The van der Waals surface area contributed by atoms with Crippen LogP contribution < -0.4 is 10.1 Å². The summed E-state index contributed by atoms with van der Waals surface area (Å²) in [7, 11) is 1.72. The van der Waals surface area contributed by atoms with Gasteiger partial charge in [0, 0.05) is 16.2 Å². The van der Waals surface area contributed by atoms with E-state index >= 15 is 0 Å². The van der Waals surface area contributed by atoms with Crippen molar-refractivity contribution < 1.29 is 4.74 Å². The summed E-state index contributed by atoms with van der Waals surface area (Å²) in [5.74, 6) is 0.955. The van der Waals surface area contributed by atoms with Crippen molar-refractivity contribution >= 4 is 11.8 Å². The number of fused-ring (bicyclic) bond motifs is 1. The van der Waals surface area contributed by atoms with Gasteiger partial charge in [-0.15, -0.1) is 11.8 Å². The maximum Gasteiger partial charge on any atom is 0.119 e. The van der Waals surface area contributed by atoms with Crippen molar-refractivity contribution in [2.24, 2.45) is 0 Å². The van der Waals surface area contributed by atoms with E-state index in [0.29, 0.717) is 11.3 Å². The summed E-state index contributed by atoms with van der Waals surface area (Å²) in [5, 5.41) is 4.22. The van der Waals surface area contributed by atoms with Gasteiger partial charge in [0.15, 0.2) is 0 Å². The van der Waals surface area contributed by atoms with Crippen LogP contribution in [0, 0.1) is 0 Å². The molecule has 3 heteroatoms. The smallest absolute Gasteiger partial charge is 0.119 e. The van der Waals surface area contributed by atoms with E-state index in [2.05, 4.69) is 31.3 Å². The topological polar surface area (TPSA) is 21.3 Å². The third-order valence-corrected chi connectivity index (χ3v) is 4.22. The van der Waals surface area contributed by atoms with Crippen LogP contribution in [0.15, 0.2) is 23.1 Å². The zero-order valence-electron chi connectivity index (χ0n) is 10.1. The monoisotopic (exact) mass is 237 g/mol. The molecule has 2 nitrogen and oxygen atoms in total. The van der Waals surface area contributed by atoms with Crippen LogP contribution in [-0.4, -0.2) is 18.9 Å². The first-order chi connectivity index (χ1) is 7.76. The maximum atomic E-state index is 5.29. The summed E-state index contributed by atoms with van der Waals surface area (Å²) < 4.78 is 5.29. The lowest BCUT2D eigenvalue weighted by Gasteiger charge is -2.17. The molecular formula is C13H19NOS. The molecule has 2 atom stereocenters. The van der Waals surface area contributed by atoms with Crippen molar-refractivity contribution in [3.05, 3.63) is 23.8 Å². The van der Waals surface area contributed by atoms with Crippen LogP contribution in [0.4, 0.5) is 0 Å². The molecule has 0 amide bonds.